The molecule has 8 nitrogen and oxygen atoms in total. The summed E-state index contributed by atoms with van der Waals surface area (Å²) < 4.78 is 25.0. The number of hydrogen-bond acceptors (Lipinski definition) is 8. The van der Waals surface area contributed by atoms with Gasteiger partial charge >= 0.3 is 0 Å². The molecule has 0 saturated carbocycles. The summed E-state index contributed by atoms with van der Waals surface area (Å²) in [5.41, 5.74) is 1.90. The van der Waals surface area contributed by atoms with Gasteiger partial charge in [0, 0.05) is 11.3 Å². The molecule has 4 heterocycles. The number of para-hydroxylation sites is 2. The van der Waals surface area contributed by atoms with Crippen LogP contribution in [0.15, 0.2) is 52.7 Å². The number of benzene rings is 2. The first kappa shape index (κ1) is 16.7. The molecule has 0 saturated heterocycles. The van der Waals surface area contributed by atoms with E-state index in [9.17, 15) is 0 Å². The van der Waals surface area contributed by atoms with Crippen molar-refractivity contribution in [3.05, 3.63) is 53.9 Å². The average Bonchev–Trinajstić information content (AvgIpc) is 3.22. The molecular weight excluding hydrogens is 392 g/mol. The summed E-state index contributed by atoms with van der Waals surface area (Å²) in [6.45, 7) is 1.48. The summed E-state index contributed by atoms with van der Waals surface area (Å²) in [7, 11) is 0. The van der Waals surface area contributed by atoms with Gasteiger partial charge in [0.25, 0.3) is 0 Å². The Morgan fingerprint density at radius 2 is 1.72 bits per heavy atom. The van der Waals surface area contributed by atoms with E-state index >= 15 is 0 Å². The topological polar surface area (TPSA) is 80.0 Å². The van der Waals surface area contributed by atoms with Crippen LogP contribution < -0.4 is 18.9 Å². The third-order valence-electron chi connectivity index (χ3n) is 4.87. The Labute approximate surface area is 170 Å². The molecule has 0 spiro atoms. The second-order valence-corrected chi connectivity index (χ2v) is 7.65. The summed E-state index contributed by atoms with van der Waals surface area (Å²) in [6, 6.07) is 13.5. The molecule has 0 radical (unpaired) electrons. The van der Waals surface area contributed by atoms with Gasteiger partial charge in [-0.1, -0.05) is 23.9 Å². The summed E-state index contributed by atoms with van der Waals surface area (Å²) in [6.07, 6.45) is -0.380. The maximum atomic E-state index is 6.09. The van der Waals surface area contributed by atoms with E-state index in [0.717, 1.165) is 33.7 Å². The minimum atomic E-state index is -0.380. The first-order chi connectivity index (χ1) is 14.3. The number of fused-ring (bicyclic) bond motifs is 3. The summed E-state index contributed by atoms with van der Waals surface area (Å²) in [5.74, 6) is 4.26. The highest BCUT2D eigenvalue weighted by atomic mass is 32.2. The molecule has 3 aliphatic rings. The molecular formula is C20H16N4O4S. The van der Waals surface area contributed by atoms with Crippen molar-refractivity contribution in [1.29, 1.82) is 0 Å². The maximum Gasteiger partial charge on any atom is 0.212 e. The third-order valence-corrected chi connectivity index (χ3v) is 5.80. The second-order valence-electron chi connectivity index (χ2n) is 6.71. The minimum Gasteiger partial charge on any atom is -0.486 e. The van der Waals surface area contributed by atoms with E-state index in [4.69, 9.17) is 24.0 Å². The summed E-state index contributed by atoms with van der Waals surface area (Å²) >= 11 is 1.59. The Balaban J connectivity index is 1.34. The molecule has 0 amide bonds. The molecule has 29 heavy (non-hydrogen) atoms. The number of nitrogens with zero attached hydrogens (tertiary/aromatic N) is 4. The molecule has 1 atom stereocenters. The minimum absolute atomic E-state index is 0.356. The van der Waals surface area contributed by atoms with Gasteiger partial charge in [-0.25, -0.2) is 0 Å². The smallest absolute Gasteiger partial charge is 0.212 e. The van der Waals surface area contributed by atoms with Gasteiger partial charge in [0.2, 0.25) is 5.16 Å². The van der Waals surface area contributed by atoms with E-state index in [1.807, 2.05) is 42.5 Å². The maximum absolute atomic E-state index is 6.09. The van der Waals surface area contributed by atoms with Crippen molar-refractivity contribution in [2.75, 3.05) is 25.6 Å². The van der Waals surface area contributed by atoms with Crippen LogP contribution in [0.4, 0.5) is 0 Å². The van der Waals surface area contributed by atoms with E-state index in [1.54, 1.807) is 16.4 Å². The van der Waals surface area contributed by atoms with Gasteiger partial charge in [0.1, 0.15) is 19.8 Å². The van der Waals surface area contributed by atoms with Crippen LogP contribution in [-0.4, -0.2) is 46.2 Å². The van der Waals surface area contributed by atoms with Crippen LogP contribution in [0.1, 0.15) is 17.5 Å². The van der Waals surface area contributed by atoms with Crippen LogP contribution in [0.2, 0.25) is 0 Å². The van der Waals surface area contributed by atoms with Crippen LogP contribution in [-0.2, 0) is 0 Å². The molecule has 3 aliphatic heterocycles. The van der Waals surface area contributed by atoms with Crippen molar-refractivity contribution in [1.82, 2.24) is 14.9 Å². The van der Waals surface area contributed by atoms with E-state index < -0.39 is 0 Å². The molecule has 9 heteroatoms. The second kappa shape index (κ2) is 6.70. The Hall–Kier alpha value is -3.20. The van der Waals surface area contributed by atoms with Crippen LogP contribution in [0.5, 0.6) is 23.0 Å². The zero-order chi connectivity index (χ0) is 19.2. The quantitative estimate of drug-likeness (QED) is 0.645. The largest absolute Gasteiger partial charge is 0.486 e. The molecule has 1 aromatic heterocycles. The molecule has 0 bridgehead atoms. The normalized spacial score (nSPS) is 19.3. The van der Waals surface area contributed by atoms with E-state index in [-0.39, 0.29) is 6.10 Å². The van der Waals surface area contributed by atoms with Crippen molar-refractivity contribution < 1.29 is 18.9 Å². The number of ether oxygens (including phenoxy) is 4. The zero-order valence-electron chi connectivity index (χ0n) is 15.3. The fourth-order valence-corrected chi connectivity index (χ4v) is 4.30. The molecule has 146 valence electrons. The Bertz CT molecular complexity index is 1130. The van der Waals surface area contributed by atoms with Gasteiger partial charge < -0.3 is 18.9 Å². The van der Waals surface area contributed by atoms with Crippen molar-refractivity contribution >= 4 is 17.5 Å². The lowest BCUT2D eigenvalue weighted by molar-refractivity contribution is 0.0823. The highest BCUT2D eigenvalue weighted by Crippen LogP contribution is 2.37. The van der Waals surface area contributed by atoms with Crippen LogP contribution >= 0.6 is 11.8 Å². The lowest BCUT2D eigenvalue weighted by Gasteiger charge is -2.26. The predicted molar refractivity (Wildman–Crippen MR) is 105 cm³/mol. The molecule has 6 rings (SSSR count). The molecule has 0 N–H and O–H groups in total. The molecule has 1 unspecified atom stereocenters. The third kappa shape index (κ3) is 2.89. The molecule has 2 aromatic carbocycles. The van der Waals surface area contributed by atoms with Crippen LogP contribution in [0.3, 0.4) is 0 Å². The Morgan fingerprint density at radius 1 is 0.897 bits per heavy atom. The number of rotatable bonds is 2. The molecule has 3 aromatic rings. The SMILES string of the molecule is c1ccc2c(c1)OCC(c1nnc3n1N=C(c1ccc4c(c1)OCCO4)CS3)O2. The van der Waals surface area contributed by atoms with Gasteiger partial charge in [-0.2, -0.15) is 9.78 Å². The first-order valence-electron chi connectivity index (χ1n) is 9.29. The summed E-state index contributed by atoms with van der Waals surface area (Å²) in [5, 5.41) is 14.2. The lowest BCUT2D eigenvalue weighted by atomic mass is 10.1. The van der Waals surface area contributed by atoms with Gasteiger partial charge in [0.15, 0.2) is 34.9 Å². The highest BCUT2D eigenvalue weighted by molar-refractivity contribution is 7.99. The Kier molecular flexibility index (Phi) is 3.86. The van der Waals surface area contributed by atoms with E-state index in [1.165, 1.54) is 0 Å². The van der Waals surface area contributed by atoms with Crippen molar-refractivity contribution in [3.8, 4) is 23.0 Å². The summed E-state index contributed by atoms with van der Waals surface area (Å²) in [4.78, 5) is 0. The van der Waals surface area contributed by atoms with Crippen molar-refractivity contribution in [3.63, 3.8) is 0 Å². The van der Waals surface area contributed by atoms with Gasteiger partial charge in [-0.15, -0.1) is 10.2 Å². The monoisotopic (exact) mass is 408 g/mol. The zero-order valence-corrected chi connectivity index (χ0v) is 16.1. The fraction of sp³-hybridized carbons (Fsp3) is 0.250. The first-order valence-corrected chi connectivity index (χ1v) is 10.3. The lowest BCUT2D eigenvalue weighted by Crippen LogP contribution is -2.25. The van der Waals surface area contributed by atoms with E-state index in [2.05, 4.69) is 10.2 Å². The standard InChI is InChI=1S/C20H16N4O4S/c1-2-4-16-14(3-1)27-10-18(28-16)19-21-22-20-24(19)23-13(11-29-20)12-5-6-15-17(9-12)26-8-7-25-15/h1-6,9,18H,7-8,10-11H2. The van der Waals surface area contributed by atoms with Crippen molar-refractivity contribution in [2.45, 2.75) is 11.3 Å². The van der Waals surface area contributed by atoms with Gasteiger partial charge in [-0.05, 0) is 30.3 Å². The Morgan fingerprint density at radius 3 is 2.66 bits per heavy atom. The van der Waals surface area contributed by atoms with E-state index in [0.29, 0.717) is 37.1 Å². The van der Waals surface area contributed by atoms with Crippen molar-refractivity contribution in [2.24, 2.45) is 5.10 Å². The van der Waals surface area contributed by atoms with Crippen LogP contribution in [0, 0.1) is 0 Å². The van der Waals surface area contributed by atoms with Crippen LogP contribution in [0.25, 0.3) is 0 Å². The van der Waals surface area contributed by atoms with Gasteiger partial charge in [-0.3, -0.25) is 0 Å². The van der Waals surface area contributed by atoms with Gasteiger partial charge in [0.05, 0.1) is 5.71 Å². The number of hydrogen-bond donors (Lipinski definition) is 0. The number of thioether (sulfide) groups is 1. The average molecular weight is 408 g/mol. The predicted octanol–water partition coefficient (Wildman–Crippen LogP) is 2.92. The molecule has 0 aliphatic carbocycles. The highest BCUT2D eigenvalue weighted by Gasteiger charge is 2.30. The number of aromatic nitrogens is 3. The molecule has 0 fully saturated rings. The fourth-order valence-electron chi connectivity index (χ4n) is 3.45.